The van der Waals surface area contributed by atoms with Gasteiger partial charge in [0.25, 0.3) is 0 Å². The van der Waals surface area contributed by atoms with E-state index in [0.29, 0.717) is 28.1 Å². The molecule has 1 fully saturated rings. The van der Waals surface area contributed by atoms with Crippen LogP contribution in [-0.2, 0) is 13.2 Å². The van der Waals surface area contributed by atoms with Gasteiger partial charge in [-0.3, -0.25) is 5.10 Å². The van der Waals surface area contributed by atoms with Crippen LogP contribution < -0.4 is 5.32 Å². The quantitative estimate of drug-likeness (QED) is 0.315. The van der Waals surface area contributed by atoms with Crippen molar-refractivity contribution >= 4 is 10.9 Å². The standard InChI is InChI=1S/C26H30F3N7O/c1-14(37)12-30-15(2)22-24-19(11-20(32-22)26(27,28)29)23(33-34-24)18-9-5-8-17(10-18)21(16-6-4-7-16)25-35-31-13-36(25)3/h5,8-11,13-16,21,30,37H,4,6-7,12H2,1-3H3,(H,33,34)/t14-,15-,21+/m0/s1. The number of halogens is 3. The zero-order valence-corrected chi connectivity index (χ0v) is 20.9. The summed E-state index contributed by atoms with van der Waals surface area (Å²) >= 11 is 0. The molecule has 3 aromatic heterocycles. The molecule has 0 aliphatic heterocycles. The van der Waals surface area contributed by atoms with E-state index in [1.165, 1.54) is 6.42 Å². The van der Waals surface area contributed by atoms with Crippen molar-refractivity contribution in [2.75, 3.05) is 6.54 Å². The minimum absolute atomic E-state index is 0.0408. The number of hydrogen-bond donors (Lipinski definition) is 3. The first kappa shape index (κ1) is 25.3. The molecule has 1 aromatic carbocycles. The summed E-state index contributed by atoms with van der Waals surface area (Å²) in [6.45, 7) is 3.54. The number of aliphatic hydroxyl groups is 1. The highest BCUT2D eigenvalue weighted by Crippen LogP contribution is 2.43. The first-order valence-corrected chi connectivity index (χ1v) is 12.5. The first-order chi connectivity index (χ1) is 17.6. The molecule has 4 aromatic rings. The first-order valence-electron chi connectivity index (χ1n) is 12.5. The maximum atomic E-state index is 13.8. The Bertz CT molecular complexity index is 1390. The van der Waals surface area contributed by atoms with Crippen molar-refractivity contribution in [1.29, 1.82) is 0 Å². The Labute approximate surface area is 212 Å². The number of aromatic nitrogens is 6. The van der Waals surface area contributed by atoms with Crippen molar-refractivity contribution < 1.29 is 18.3 Å². The lowest BCUT2D eigenvalue weighted by Gasteiger charge is -2.33. The molecule has 1 saturated carbocycles. The van der Waals surface area contributed by atoms with Gasteiger partial charge < -0.3 is 15.0 Å². The summed E-state index contributed by atoms with van der Waals surface area (Å²) in [7, 11) is 1.92. The molecule has 196 valence electrons. The lowest BCUT2D eigenvalue weighted by molar-refractivity contribution is -0.141. The molecule has 0 amide bonds. The predicted octanol–water partition coefficient (Wildman–Crippen LogP) is 4.74. The highest BCUT2D eigenvalue weighted by molar-refractivity contribution is 5.94. The molecule has 1 aliphatic carbocycles. The van der Waals surface area contributed by atoms with Crippen LogP contribution >= 0.6 is 0 Å². The molecular formula is C26H30F3N7O. The number of alkyl halides is 3. The number of nitrogens with one attached hydrogen (secondary N) is 2. The number of fused-ring (bicyclic) bond motifs is 1. The number of hydrogen-bond acceptors (Lipinski definition) is 6. The van der Waals surface area contributed by atoms with E-state index in [-0.39, 0.29) is 18.2 Å². The SMILES string of the molecule is C[C@H](O)CN[C@@H](C)c1nc(C(F)(F)F)cc2c(-c3cccc([C@H](c4nncn4C)C4CCC4)c3)n[nH]c12. The summed E-state index contributed by atoms with van der Waals surface area (Å²) in [5.74, 6) is 1.35. The van der Waals surface area contributed by atoms with Gasteiger partial charge in [-0.25, -0.2) is 4.98 Å². The van der Waals surface area contributed by atoms with E-state index in [2.05, 4.69) is 30.7 Å². The van der Waals surface area contributed by atoms with Crippen LogP contribution in [0.3, 0.4) is 0 Å². The van der Waals surface area contributed by atoms with Gasteiger partial charge in [0.15, 0.2) is 0 Å². The summed E-state index contributed by atoms with van der Waals surface area (Å²) in [6.07, 6.45) is -0.236. The number of aryl methyl sites for hydroxylation is 1. The molecule has 1 aliphatic rings. The van der Waals surface area contributed by atoms with E-state index in [4.69, 9.17) is 0 Å². The molecule has 37 heavy (non-hydrogen) atoms. The van der Waals surface area contributed by atoms with Gasteiger partial charge >= 0.3 is 6.18 Å². The predicted molar refractivity (Wildman–Crippen MR) is 133 cm³/mol. The van der Waals surface area contributed by atoms with Gasteiger partial charge in [0.2, 0.25) is 0 Å². The third kappa shape index (κ3) is 4.97. The third-order valence-corrected chi connectivity index (χ3v) is 7.17. The van der Waals surface area contributed by atoms with Gasteiger partial charge in [0.05, 0.1) is 17.3 Å². The molecule has 0 saturated heterocycles. The number of H-pyrrole nitrogens is 1. The Balaban J connectivity index is 1.61. The van der Waals surface area contributed by atoms with Crippen molar-refractivity contribution in [3.8, 4) is 11.3 Å². The van der Waals surface area contributed by atoms with E-state index in [1.807, 2.05) is 35.9 Å². The number of rotatable bonds is 8. The van der Waals surface area contributed by atoms with Crippen LogP contribution in [0.4, 0.5) is 13.2 Å². The van der Waals surface area contributed by atoms with Gasteiger partial charge in [-0.05, 0) is 50.3 Å². The lowest BCUT2D eigenvalue weighted by Crippen LogP contribution is -2.28. The van der Waals surface area contributed by atoms with Gasteiger partial charge in [-0.2, -0.15) is 18.3 Å². The number of aromatic amines is 1. The van der Waals surface area contributed by atoms with E-state index in [9.17, 15) is 18.3 Å². The van der Waals surface area contributed by atoms with Crippen LogP contribution in [0.5, 0.6) is 0 Å². The molecular weight excluding hydrogens is 483 g/mol. The van der Waals surface area contributed by atoms with Crippen LogP contribution in [0, 0.1) is 5.92 Å². The average Bonchev–Trinajstić information content (AvgIpc) is 3.44. The Kier molecular flexibility index (Phi) is 6.76. The number of benzene rings is 1. The average molecular weight is 514 g/mol. The third-order valence-electron chi connectivity index (χ3n) is 7.17. The fourth-order valence-electron chi connectivity index (χ4n) is 5.02. The van der Waals surface area contributed by atoms with Gasteiger partial charge in [0.1, 0.15) is 23.5 Å². The molecule has 11 heteroatoms. The summed E-state index contributed by atoms with van der Waals surface area (Å²) < 4.78 is 43.5. The summed E-state index contributed by atoms with van der Waals surface area (Å²) in [4.78, 5) is 3.93. The topological polar surface area (TPSA) is 105 Å². The molecule has 0 spiro atoms. The van der Waals surface area contributed by atoms with Crippen molar-refractivity contribution in [1.82, 2.24) is 35.3 Å². The Morgan fingerprint density at radius 1 is 1.22 bits per heavy atom. The Morgan fingerprint density at radius 2 is 2.00 bits per heavy atom. The summed E-state index contributed by atoms with van der Waals surface area (Å²) in [5, 5.41) is 28.8. The van der Waals surface area contributed by atoms with E-state index in [1.54, 1.807) is 20.2 Å². The number of nitrogens with zero attached hydrogens (tertiary/aromatic N) is 5. The monoisotopic (exact) mass is 513 g/mol. The summed E-state index contributed by atoms with van der Waals surface area (Å²) in [6, 6.07) is 8.31. The van der Waals surface area contributed by atoms with E-state index in [0.717, 1.165) is 30.3 Å². The van der Waals surface area contributed by atoms with Crippen LogP contribution in [0.15, 0.2) is 36.7 Å². The molecule has 0 bridgehead atoms. The maximum Gasteiger partial charge on any atom is 0.433 e. The molecule has 3 heterocycles. The van der Waals surface area contributed by atoms with Gasteiger partial charge in [-0.1, -0.05) is 24.6 Å². The lowest BCUT2D eigenvalue weighted by atomic mass is 9.72. The summed E-state index contributed by atoms with van der Waals surface area (Å²) in [5.41, 5.74) is 1.83. The van der Waals surface area contributed by atoms with Crippen molar-refractivity contribution in [2.45, 2.75) is 57.3 Å². The van der Waals surface area contributed by atoms with Crippen molar-refractivity contribution in [3.05, 3.63) is 59.4 Å². The van der Waals surface area contributed by atoms with Gasteiger partial charge in [-0.15, -0.1) is 10.2 Å². The Morgan fingerprint density at radius 3 is 2.62 bits per heavy atom. The normalized spacial score (nSPS) is 17.1. The largest absolute Gasteiger partial charge is 0.433 e. The molecule has 0 radical (unpaired) electrons. The number of aliphatic hydroxyl groups excluding tert-OH is 1. The minimum Gasteiger partial charge on any atom is -0.392 e. The molecule has 0 unspecified atom stereocenters. The number of pyridine rings is 1. The fraction of sp³-hybridized carbons (Fsp3) is 0.462. The minimum atomic E-state index is -4.62. The second kappa shape index (κ2) is 9.86. The highest BCUT2D eigenvalue weighted by atomic mass is 19.4. The zero-order chi connectivity index (χ0) is 26.3. The van der Waals surface area contributed by atoms with Crippen LogP contribution in [0.25, 0.3) is 22.2 Å². The second-order valence-electron chi connectivity index (χ2n) is 9.96. The molecule has 8 nitrogen and oxygen atoms in total. The highest BCUT2D eigenvalue weighted by Gasteiger charge is 2.35. The Hall–Kier alpha value is -3.31. The van der Waals surface area contributed by atoms with Gasteiger partial charge in [0, 0.05) is 36.5 Å². The zero-order valence-electron chi connectivity index (χ0n) is 20.9. The van der Waals surface area contributed by atoms with Crippen LogP contribution in [0.2, 0.25) is 0 Å². The van der Waals surface area contributed by atoms with E-state index < -0.39 is 24.0 Å². The smallest absolute Gasteiger partial charge is 0.392 e. The fourth-order valence-corrected chi connectivity index (χ4v) is 5.02. The van der Waals surface area contributed by atoms with Crippen molar-refractivity contribution in [3.63, 3.8) is 0 Å². The van der Waals surface area contributed by atoms with E-state index >= 15 is 0 Å². The van der Waals surface area contributed by atoms with Crippen LogP contribution in [-0.4, -0.2) is 47.7 Å². The second-order valence-corrected chi connectivity index (χ2v) is 9.96. The van der Waals surface area contributed by atoms with Crippen molar-refractivity contribution in [2.24, 2.45) is 13.0 Å². The maximum absolute atomic E-state index is 13.8. The molecule has 5 rings (SSSR count). The van der Waals surface area contributed by atoms with Crippen LogP contribution in [0.1, 0.15) is 67.8 Å². The molecule has 3 atom stereocenters. The molecule has 3 N–H and O–H groups in total.